The Morgan fingerprint density at radius 3 is 2.70 bits per heavy atom. The molecule has 100 valence electrons. The van der Waals surface area contributed by atoms with Crippen LogP contribution in [0.25, 0.3) is 5.69 Å². The molecule has 1 aromatic carbocycles. The van der Waals surface area contributed by atoms with E-state index in [2.05, 4.69) is 10.1 Å². The highest BCUT2D eigenvalue weighted by atomic mass is 16.5. The lowest BCUT2D eigenvalue weighted by Gasteiger charge is -2.05. The summed E-state index contributed by atoms with van der Waals surface area (Å²) in [7, 11) is 0. The average Bonchev–Trinajstić information content (AvgIpc) is 2.48. The minimum atomic E-state index is -0.674. The van der Waals surface area contributed by atoms with Crippen LogP contribution in [0.1, 0.15) is 23.0 Å². The third-order valence-electron chi connectivity index (χ3n) is 2.44. The van der Waals surface area contributed by atoms with E-state index in [1.165, 1.54) is 11.0 Å². The number of benzene rings is 1. The van der Waals surface area contributed by atoms with Gasteiger partial charge in [0.25, 0.3) is 0 Å². The highest BCUT2D eigenvalue weighted by Crippen LogP contribution is 2.09. The van der Waals surface area contributed by atoms with Crippen LogP contribution in [0.15, 0.2) is 35.4 Å². The SMILES string of the molecule is CCOC(=O)c1ccc(-n2cnc(=O)c(C#N)n2)cc1. The van der Waals surface area contributed by atoms with Gasteiger partial charge in [0.15, 0.2) is 0 Å². The Balaban J connectivity index is 2.33. The van der Waals surface area contributed by atoms with E-state index in [0.29, 0.717) is 17.9 Å². The lowest BCUT2D eigenvalue weighted by molar-refractivity contribution is 0.0526. The summed E-state index contributed by atoms with van der Waals surface area (Å²) in [4.78, 5) is 26.2. The van der Waals surface area contributed by atoms with Gasteiger partial charge in [0.1, 0.15) is 12.4 Å². The summed E-state index contributed by atoms with van der Waals surface area (Å²) in [6.07, 6.45) is 1.21. The normalized spacial score (nSPS) is 9.80. The summed E-state index contributed by atoms with van der Waals surface area (Å²) in [5.41, 5.74) is 0.0148. The van der Waals surface area contributed by atoms with Crippen LogP contribution in [-0.2, 0) is 4.74 Å². The number of carbonyl (C=O) groups excluding carboxylic acids is 1. The summed E-state index contributed by atoms with van der Waals surface area (Å²) in [6.45, 7) is 2.03. The van der Waals surface area contributed by atoms with Crippen LogP contribution in [0.4, 0.5) is 0 Å². The molecule has 0 unspecified atom stereocenters. The number of nitrogens with zero attached hydrogens (tertiary/aromatic N) is 4. The molecule has 1 aromatic heterocycles. The molecule has 0 N–H and O–H groups in total. The van der Waals surface area contributed by atoms with Crippen molar-refractivity contribution < 1.29 is 9.53 Å². The third kappa shape index (κ3) is 2.70. The van der Waals surface area contributed by atoms with Crippen molar-refractivity contribution >= 4 is 5.97 Å². The number of hydrogen-bond acceptors (Lipinski definition) is 6. The molecule has 2 aromatic rings. The zero-order chi connectivity index (χ0) is 14.5. The zero-order valence-electron chi connectivity index (χ0n) is 10.6. The van der Waals surface area contributed by atoms with E-state index in [-0.39, 0.29) is 5.69 Å². The molecular formula is C13H10N4O3. The Hall–Kier alpha value is -3.01. The van der Waals surface area contributed by atoms with E-state index in [1.54, 1.807) is 37.3 Å². The van der Waals surface area contributed by atoms with E-state index in [9.17, 15) is 9.59 Å². The van der Waals surface area contributed by atoms with E-state index in [0.717, 1.165) is 0 Å². The second kappa shape index (κ2) is 5.75. The van der Waals surface area contributed by atoms with Crippen molar-refractivity contribution in [3.8, 4) is 11.8 Å². The maximum absolute atomic E-state index is 11.5. The van der Waals surface area contributed by atoms with Crippen molar-refractivity contribution in [2.75, 3.05) is 6.61 Å². The Morgan fingerprint density at radius 2 is 2.10 bits per heavy atom. The molecule has 1 heterocycles. The van der Waals surface area contributed by atoms with Gasteiger partial charge in [-0.05, 0) is 31.2 Å². The number of esters is 1. The van der Waals surface area contributed by atoms with E-state index in [4.69, 9.17) is 10.00 Å². The lowest BCUT2D eigenvalue weighted by Crippen LogP contribution is -2.17. The molecule has 0 atom stereocenters. The first-order valence-corrected chi connectivity index (χ1v) is 5.79. The Morgan fingerprint density at radius 1 is 1.40 bits per heavy atom. The summed E-state index contributed by atoms with van der Waals surface area (Å²) in [5.74, 6) is -0.414. The van der Waals surface area contributed by atoms with E-state index in [1.807, 2.05) is 0 Å². The molecule has 7 heteroatoms. The van der Waals surface area contributed by atoms with Crippen LogP contribution in [0.3, 0.4) is 0 Å². The first-order chi connectivity index (χ1) is 9.65. The molecule has 0 aliphatic heterocycles. The zero-order valence-corrected chi connectivity index (χ0v) is 10.6. The highest BCUT2D eigenvalue weighted by Gasteiger charge is 2.07. The van der Waals surface area contributed by atoms with Crippen LogP contribution in [0, 0.1) is 11.3 Å². The third-order valence-corrected chi connectivity index (χ3v) is 2.44. The molecule has 0 aliphatic carbocycles. The minimum absolute atomic E-state index is 0.290. The lowest BCUT2D eigenvalue weighted by atomic mass is 10.2. The van der Waals surface area contributed by atoms with Crippen molar-refractivity contribution in [1.82, 2.24) is 14.8 Å². The first-order valence-electron chi connectivity index (χ1n) is 5.79. The van der Waals surface area contributed by atoms with Gasteiger partial charge in [-0.1, -0.05) is 0 Å². The number of hydrogen-bond donors (Lipinski definition) is 0. The van der Waals surface area contributed by atoms with Gasteiger partial charge in [0.2, 0.25) is 5.69 Å². The number of ether oxygens (including phenoxy) is 1. The second-order valence-electron chi connectivity index (χ2n) is 3.72. The van der Waals surface area contributed by atoms with Crippen molar-refractivity contribution in [3.05, 3.63) is 52.2 Å². The van der Waals surface area contributed by atoms with Gasteiger partial charge in [-0.25, -0.2) is 9.48 Å². The van der Waals surface area contributed by atoms with E-state index >= 15 is 0 Å². The van der Waals surface area contributed by atoms with Gasteiger partial charge in [-0.2, -0.15) is 10.2 Å². The fourth-order valence-corrected chi connectivity index (χ4v) is 1.50. The molecule has 0 amide bonds. The van der Waals surface area contributed by atoms with Crippen LogP contribution >= 0.6 is 0 Å². The molecule has 0 aliphatic rings. The van der Waals surface area contributed by atoms with Gasteiger partial charge in [0, 0.05) is 0 Å². The summed E-state index contributed by atoms with van der Waals surface area (Å²) < 4.78 is 6.15. The highest BCUT2D eigenvalue weighted by molar-refractivity contribution is 5.89. The first kappa shape index (κ1) is 13.4. The topological polar surface area (TPSA) is 97.9 Å². The fraction of sp³-hybridized carbons (Fsp3) is 0.154. The van der Waals surface area contributed by atoms with Crippen LogP contribution in [0.5, 0.6) is 0 Å². The second-order valence-corrected chi connectivity index (χ2v) is 3.72. The van der Waals surface area contributed by atoms with Crippen LogP contribution < -0.4 is 5.56 Å². The minimum Gasteiger partial charge on any atom is -0.462 e. The molecule has 2 rings (SSSR count). The molecule has 20 heavy (non-hydrogen) atoms. The monoisotopic (exact) mass is 270 g/mol. The van der Waals surface area contributed by atoms with Crippen LogP contribution in [0.2, 0.25) is 0 Å². The van der Waals surface area contributed by atoms with Gasteiger partial charge >= 0.3 is 11.5 Å². The maximum Gasteiger partial charge on any atom is 0.338 e. The fourth-order valence-electron chi connectivity index (χ4n) is 1.50. The summed E-state index contributed by atoms with van der Waals surface area (Å²) >= 11 is 0. The number of nitriles is 1. The van der Waals surface area contributed by atoms with Gasteiger partial charge in [-0.3, -0.25) is 4.79 Å². The molecule has 0 saturated heterocycles. The molecule has 0 spiro atoms. The quantitative estimate of drug-likeness (QED) is 0.760. The molecule has 0 radical (unpaired) electrons. The summed E-state index contributed by atoms with van der Waals surface area (Å²) in [5, 5.41) is 12.6. The Labute approximate surface area is 114 Å². The smallest absolute Gasteiger partial charge is 0.338 e. The molecule has 0 saturated carbocycles. The number of aromatic nitrogens is 3. The Kier molecular flexibility index (Phi) is 3.86. The molecular weight excluding hydrogens is 260 g/mol. The van der Waals surface area contributed by atoms with Crippen molar-refractivity contribution in [1.29, 1.82) is 5.26 Å². The predicted molar refractivity (Wildman–Crippen MR) is 68.3 cm³/mol. The standard InChI is InChI=1S/C13H10N4O3/c1-2-20-13(19)9-3-5-10(6-4-9)17-8-15-12(18)11(7-14)16-17/h3-6,8H,2H2,1H3. The van der Waals surface area contributed by atoms with Gasteiger partial charge < -0.3 is 4.74 Å². The number of rotatable bonds is 3. The van der Waals surface area contributed by atoms with Crippen molar-refractivity contribution in [3.63, 3.8) is 0 Å². The largest absolute Gasteiger partial charge is 0.462 e. The summed E-state index contributed by atoms with van der Waals surface area (Å²) in [6, 6.07) is 8.04. The average molecular weight is 270 g/mol. The molecule has 0 bridgehead atoms. The van der Waals surface area contributed by atoms with Crippen LogP contribution in [-0.4, -0.2) is 27.3 Å². The molecule has 0 fully saturated rings. The Bertz CT molecular complexity index is 729. The maximum atomic E-state index is 11.5. The van der Waals surface area contributed by atoms with Crippen molar-refractivity contribution in [2.45, 2.75) is 6.92 Å². The van der Waals surface area contributed by atoms with Gasteiger partial charge in [-0.15, -0.1) is 5.10 Å². The number of carbonyl (C=O) groups is 1. The van der Waals surface area contributed by atoms with Crippen molar-refractivity contribution in [2.24, 2.45) is 0 Å². The molecule has 7 nitrogen and oxygen atoms in total. The van der Waals surface area contributed by atoms with E-state index < -0.39 is 11.5 Å². The predicted octanol–water partition coefficient (Wildman–Crippen LogP) is 0.676. The van der Waals surface area contributed by atoms with Gasteiger partial charge in [0.05, 0.1) is 17.9 Å².